The summed E-state index contributed by atoms with van der Waals surface area (Å²) in [6.45, 7) is 9.65. The second-order valence-electron chi connectivity index (χ2n) is 8.02. The average Bonchev–Trinajstić information content (AvgIpc) is 3.32. The Labute approximate surface area is 191 Å². The van der Waals surface area contributed by atoms with E-state index in [-0.39, 0.29) is 11.9 Å². The van der Waals surface area contributed by atoms with E-state index in [1.54, 1.807) is 7.11 Å². The van der Waals surface area contributed by atoms with Crippen molar-refractivity contribution in [2.24, 2.45) is 0 Å². The van der Waals surface area contributed by atoms with Crippen molar-refractivity contribution >= 4 is 5.91 Å². The largest absolute Gasteiger partial charge is 0.497 e. The summed E-state index contributed by atoms with van der Waals surface area (Å²) >= 11 is 0. The van der Waals surface area contributed by atoms with Crippen LogP contribution in [0.1, 0.15) is 44.0 Å². The van der Waals surface area contributed by atoms with E-state index in [0.29, 0.717) is 5.56 Å². The fraction of sp³-hybridized carbons (Fsp3) is 0.385. The number of amides is 1. The molecule has 0 aliphatic heterocycles. The molecule has 6 nitrogen and oxygen atoms in total. The molecule has 2 N–H and O–H groups in total. The molecule has 0 saturated carbocycles. The highest BCUT2D eigenvalue weighted by molar-refractivity contribution is 5.94. The van der Waals surface area contributed by atoms with Crippen LogP contribution in [0, 0.1) is 0 Å². The van der Waals surface area contributed by atoms with E-state index in [4.69, 9.17) is 4.74 Å². The number of aromatic nitrogens is 2. The Bertz CT molecular complexity index is 993. The number of nitrogens with zero attached hydrogens (tertiary/aromatic N) is 2. The minimum absolute atomic E-state index is 0.0337. The fourth-order valence-corrected chi connectivity index (χ4v) is 3.74. The van der Waals surface area contributed by atoms with Gasteiger partial charge in [-0.25, -0.2) is 0 Å². The second-order valence-corrected chi connectivity index (χ2v) is 8.02. The van der Waals surface area contributed by atoms with Gasteiger partial charge in [0, 0.05) is 17.2 Å². The van der Waals surface area contributed by atoms with Gasteiger partial charge in [0.2, 0.25) is 0 Å². The standard InChI is InChI=1S/C26H34N4O2/c1-5-30(6-2)16-8-9-19(3)27-26(31)21-14-12-20(13-15-21)24-18-25(29-28-24)22-10-7-11-23(17-22)32-4/h7,10-15,17-19H,5-6,8-9,16H2,1-4H3,(H,27,31)(H,28,29)/t19-/m1/s1. The SMILES string of the molecule is CCN(CC)CCC[C@@H](C)NC(=O)c1ccc(-c2cc(-c3cccc(OC)c3)n[nH]2)cc1. The second kappa shape index (κ2) is 11.5. The molecule has 1 aromatic heterocycles. The van der Waals surface area contributed by atoms with Crippen LogP contribution in [0.25, 0.3) is 22.5 Å². The molecule has 0 spiro atoms. The van der Waals surface area contributed by atoms with Crippen LogP contribution < -0.4 is 10.1 Å². The Balaban J connectivity index is 1.58. The van der Waals surface area contributed by atoms with Crippen LogP contribution >= 0.6 is 0 Å². The van der Waals surface area contributed by atoms with Crippen LogP contribution in [0.3, 0.4) is 0 Å². The van der Waals surface area contributed by atoms with Crippen molar-refractivity contribution in [1.82, 2.24) is 20.4 Å². The minimum Gasteiger partial charge on any atom is -0.497 e. The maximum Gasteiger partial charge on any atom is 0.251 e. The molecular weight excluding hydrogens is 400 g/mol. The highest BCUT2D eigenvalue weighted by atomic mass is 16.5. The Hall–Kier alpha value is -3.12. The predicted octanol–water partition coefficient (Wildman–Crippen LogP) is 4.99. The number of benzene rings is 2. The Kier molecular flexibility index (Phi) is 8.45. The molecule has 0 unspecified atom stereocenters. The van der Waals surface area contributed by atoms with Crippen LogP contribution in [-0.2, 0) is 0 Å². The van der Waals surface area contributed by atoms with Crippen molar-refractivity contribution in [3.8, 4) is 28.3 Å². The molecule has 0 fully saturated rings. The molecule has 0 bridgehead atoms. The molecule has 0 aliphatic rings. The first-order valence-corrected chi connectivity index (χ1v) is 11.4. The lowest BCUT2D eigenvalue weighted by molar-refractivity contribution is 0.0937. The summed E-state index contributed by atoms with van der Waals surface area (Å²) < 4.78 is 5.30. The molecular formula is C26H34N4O2. The Morgan fingerprint density at radius 3 is 2.53 bits per heavy atom. The molecule has 0 saturated heterocycles. The average molecular weight is 435 g/mol. The number of H-pyrrole nitrogens is 1. The maximum atomic E-state index is 12.6. The summed E-state index contributed by atoms with van der Waals surface area (Å²) in [4.78, 5) is 15.0. The van der Waals surface area contributed by atoms with Crippen molar-refractivity contribution in [1.29, 1.82) is 0 Å². The van der Waals surface area contributed by atoms with Gasteiger partial charge in [0.1, 0.15) is 5.75 Å². The van der Waals surface area contributed by atoms with E-state index in [0.717, 1.165) is 60.7 Å². The molecule has 2 aromatic carbocycles. The van der Waals surface area contributed by atoms with Crippen molar-refractivity contribution in [3.63, 3.8) is 0 Å². The highest BCUT2D eigenvalue weighted by Crippen LogP contribution is 2.26. The number of methoxy groups -OCH3 is 1. The van der Waals surface area contributed by atoms with Crippen LogP contribution in [0.4, 0.5) is 0 Å². The van der Waals surface area contributed by atoms with Crippen molar-refractivity contribution in [2.45, 2.75) is 39.7 Å². The zero-order valence-corrected chi connectivity index (χ0v) is 19.5. The van der Waals surface area contributed by atoms with Crippen LogP contribution in [-0.4, -0.2) is 53.8 Å². The van der Waals surface area contributed by atoms with Gasteiger partial charge in [-0.05, 0) is 75.3 Å². The van der Waals surface area contributed by atoms with Gasteiger partial charge in [0.25, 0.3) is 5.91 Å². The summed E-state index contributed by atoms with van der Waals surface area (Å²) in [6, 6.07) is 17.6. The zero-order chi connectivity index (χ0) is 22.9. The molecule has 6 heteroatoms. The lowest BCUT2D eigenvalue weighted by atomic mass is 10.1. The van der Waals surface area contributed by atoms with Gasteiger partial charge in [0.15, 0.2) is 0 Å². The van der Waals surface area contributed by atoms with Crippen molar-refractivity contribution < 1.29 is 9.53 Å². The van der Waals surface area contributed by atoms with E-state index < -0.39 is 0 Å². The number of rotatable bonds is 11. The van der Waals surface area contributed by atoms with Crippen molar-refractivity contribution in [2.75, 3.05) is 26.7 Å². The lowest BCUT2D eigenvalue weighted by Gasteiger charge is -2.19. The van der Waals surface area contributed by atoms with E-state index in [2.05, 4.69) is 41.2 Å². The monoisotopic (exact) mass is 434 g/mol. The summed E-state index contributed by atoms with van der Waals surface area (Å²) in [7, 11) is 1.65. The van der Waals surface area contributed by atoms with E-state index in [1.165, 1.54) is 0 Å². The summed E-state index contributed by atoms with van der Waals surface area (Å²) in [6.07, 6.45) is 2.05. The number of aromatic amines is 1. The number of carbonyl (C=O) groups excluding carboxylic acids is 1. The first-order valence-electron chi connectivity index (χ1n) is 11.4. The van der Waals surface area contributed by atoms with Crippen LogP contribution in [0.2, 0.25) is 0 Å². The topological polar surface area (TPSA) is 70.2 Å². The molecule has 0 aliphatic carbocycles. The third-order valence-electron chi connectivity index (χ3n) is 5.78. The molecule has 170 valence electrons. The van der Waals surface area contributed by atoms with Gasteiger partial charge >= 0.3 is 0 Å². The Morgan fingerprint density at radius 2 is 1.84 bits per heavy atom. The molecule has 1 atom stereocenters. The molecule has 3 rings (SSSR count). The van der Waals surface area contributed by atoms with E-state index in [9.17, 15) is 4.79 Å². The predicted molar refractivity (Wildman–Crippen MR) is 130 cm³/mol. The van der Waals surface area contributed by atoms with Gasteiger partial charge in [-0.15, -0.1) is 0 Å². The van der Waals surface area contributed by atoms with Gasteiger partial charge in [-0.1, -0.05) is 38.1 Å². The third kappa shape index (κ3) is 6.20. The number of nitrogens with one attached hydrogen (secondary N) is 2. The molecule has 1 heterocycles. The number of hydrogen-bond donors (Lipinski definition) is 2. The molecule has 32 heavy (non-hydrogen) atoms. The van der Waals surface area contributed by atoms with Crippen molar-refractivity contribution in [3.05, 3.63) is 60.2 Å². The lowest BCUT2D eigenvalue weighted by Crippen LogP contribution is -2.33. The highest BCUT2D eigenvalue weighted by Gasteiger charge is 2.12. The number of hydrogen-bond acceptors (Lipinski definition) is 4. The van der Waals surface area contributed by atoms with Gasteiger partial charge in [0.05, 0.1) is 18.5 Å². The Morgan fingerprint density at radius 1 is 1.09 bits per heavy atom. The zero-order valence-electron chi connectivity index (χ0n) is 19.5. The summed E-state index contributed by atoms with van der Waals surface area (Å²) in [5.74, 6) is 0.762. The number of ether oxygens (including phenoxy) is 1. The molecule has 0 radical (unpaired) electrons. The smallest absolute Gasteiger partial charge is 0.251 e. The van der Waals surface area contributed by atoms with E-state index in [1.807, 2.05) is 54.6 Å². The van der Waals surface area contributed by atoms with Crippen LogP contribution in [0.5, 0.6) is 5.75 Å². The minimum atomic E-state index is -0.0337. The van der Waals surface area contributed by atoms with Gasteiger partial charge in [-0.3, -0.25) is 9.89 Å². The quantitative estimate of drug-likeness (QED) is 0.446. The van der Waals surface area contributed by atoms with Crippen LogP contribution in [0.15, 0.2) is 54.6 Å². The number of carbonyl (C=O) groups is 1. The first kappa shape index (κ1) is 23.5. The molecule has 1 amide bonds. The normalized spacial score (nSPS) is 12.0. The fourth-order valence-electron chi connectivity index (χ4n) is 3.74. The maximum absolute atomic E-state index is 12.6. The third-order valence-corrected chi connectivity index (χ3v) is 5.78. The molecule has 3 aromatic rings. The van der Waals surface area contributed by atoms with Gasteiger partial charge in [-0.2, -0.15) is 5.10 Å². The summed E-state index contributed by atoms with van der Waals surface area (Å²) in [5, 5.41) is 10.6. The summed E-state index contributed by atoms with van der Waals surface area (Å²) in [5.41, 5.74) is 4.38. The van der Waals surface area contributed by atoms with E-state index >= 15 is 0 Å². The van der Waals surface area contributed by atoms with Gasteiger partial charge < -0.3 is 15.0 Å². The first-order chi connectivity index (χ1) is 15.5.